The summed E-state index contributed by atoms with van der Waals surface area (Å²) in [6.07, 6.45) is 1.24. The predicted molar refractivity (Wildman–Crippen MR) is 67.6 cm³/mol. The molecule has 100 valence electrons. The van der Waals surface area contributed by atoms with Gasteiger partial charge in [-0.3, -0.25) is 4.79 Å². The summed E-state index contributed by atoms with van der Waals surface area (Å²) < 4.78 is 22.5. The average Bonchev–Trinajstić information content (AvgIpc) is 2.29. The lowest BCUT2D eigenvalue weighted by atomic mass is 10.1. The molecule has 5 nitrogen and oxygen atoms in total. The highest BCUT2D eigenvalue weighted by Crippen LogP contribution is 2.11. The topological polar surface area (TPSA) is 66.5 Å². The van der Waals surface area contributed by atoms with Crippen LogP contribution in [-0.4, -0.2) is 56.4 Å². The van der Waals surface area contributed by atoms with E-state index < -0.39 is 9.84 Å². The number of hydrogen-bond donors (Lipinski definition) is 1. The Balaban J connectivity index is 2.30. The SMILES string of the molecule is CCN(CC)C(=O)CNC1CCS(=O)(=O)CC1. The molecular formula is C11H22N2O3S. The van der Waals surface area contributed by atoms with E-state index in [1.807, 2.05) is 13.8 Å². The van der Waals surface area contributed by atoms with E-state index in [9.17, 15) is 13.2 Å². The van der Waals surface area contributed by atoms with Crippen LogP contribution in [0, 0.1) is 0 Å². The van der Waals surface area contributed by atoms with Gasteiger partial charge in [0.1, 0.15) is 9.84 Å². The van der Waals surface area contributed by atoms with Crippen molar-refractivity contribution in [3.63, 3.8) is 0 Å². The number of carbonyl (C=O) groups excluding carboxylic acids is 1. The minimum atomic E-state index is -2.82. The van der Waals surface area contributed by atoms with Crippen molar-refractivity contribution in [3.05, 3.63) is 0 Å². The molecule has 1 heterocycles. The number of nitrogens with one attached hydrogen (secondary N) is 1. The molecule has 0 unspecified atom stereocenters. The van der Waals surface area contributed by atoms with Gasteiger partial charge in [0.15, 0.2) is 0 Å². The summed E-state index contributed by atoms with van der Waals surface area (Å²) in [5.41, 5.74) is 0. The highest BCUT2D eigenvalue weighted by Gasteiger charge is 2.23. The van der Waals surface area contributed by atoms with Crippen LogP contribution in [0.1, 0.15) is 26.7 Å². The van der Waals surface area contributed by atoms with E-state index in [1.54, 1.807) is 4.90 Å². The third-order valence-electron chi connectivity index (χ3n) is 3.21. The average molecular weight is 262 g/mol. The van der Waals surface area contributed by atoms with Gasteiger partial charge in [-0.25, -0.2) is 8.42 Å². The second-order valence-electron chi connectivity index (χ2n) is 4.37. The number of likely N-dealkylation sites (N-methyl/N-ethyl adjacent to an activating group) is 1. The van der Waals surface area contributed by atoms with Gasteiger partial charge in [0.25, 0.3) is 0 Å². The second-order valence-corrected chi connectivity index (χ2v) is 6.68. The van der Waals surface area contributed by atoms with Gasteiger partial charge in [0, 0.05) is 19.1 Å². The molecule has 0 radical (unpaired) electrons. The van der Waals surface area contributed by atoms with E-state index in [2.05, 4.69) is 5.32 Å². The Bertz CT molecular complexity index is 336. The van der Waals surface area contributed by atoms with Gasteiger partial charge in [-0.05, 0) is 26.7 Å². The summed E-state index contributed by atoms with van der Waals surface area (Å²) in [7, 11) is -2.82. The zero-order valence-electron chi connectivity index (χ0n) is 10.6. The first-order valence-electron chi connectivity index (χ1n) is 6.20. The number of rotatable bonds is 5. The van der Waals surface area contributed by atoms with Gasteiger partial charge in [0.05, 0.1) is 18.1 Å². The molecule has 1 rings (SSSR count). The van der Waals surface area contributed by atoms with Crippen molar-refractivity contribution in [1.29, 1.82) is 0 Å². The number of hydrogen-bond acceptors (Lipinski definition) is 4. The zero-order chi connectivity index (χ0) is 12.9. The molecule has 0 aromatic carbocycles. The second kappa shape index (κ2) is 6.35. The molecule has 1 fully saturated rings. The van der Waals surface area contributed by atoms with E-state index in [0.29, 0.717) is 19.4 Å². The van der Waals surface area contributed by atoms with Crippen LogP contribution in [0.4, 0.5) is 0 Å². The van der Waals surface area contributed by atoms with Crippen molar-refractivity contribution >= 4 is 15.7 Å². The third kappa shape index (κ3) is 4.63. The normalized spacial score (nSPS) is 20.1. The van der Waals surface area contributed by atoms with E-state index >= 15 is 0 Å². The fourth-order valence-corrected chi connectivity index (χ4v) is 3.51. The lowest BCUT2D eigenvalue weighted by Crippen LogP contribution is -2.44. The molecule has 1 aliphatic heterocycles. The summed E-state index contributed by atoms with van der Waals surface area (Å²) in [6, 6.07) is 0.165. The Labute approximate surface area is 103 Å². The van der Waals surface area contributed by atoms with Crippen molar-refractivity contribution in [1.82, 2.24) is 10.2 Å². The fourth-order valence-electron chi connectivity index (χ4n) is 2.01. The van der Waals surface area contributed by atoms with E-state index in [0.717, 1.165) is 13.1 Å². The van der Waals surface area contributed by atoms with Crippen LogP contribution < -0.4 is 5.32 Å². The van der Waals surface area contributed by atoms with Crippen LogP contribution >= 0.6 is 0 Å². The summed E-state index contributed by atoms with van der Waals surface area (Å²) in [5.74, 6) is 0.567. The molecule has 0 saturated carbocycles. The lowest BCUT2D eigenvalue weighted by molar-refractivity contribution is -0.130. The Morgan fingerprint density at radius 2 is 1.76 bits per heavy atom. The zero-order valence-corrected chi connectivity index (χ0v) is 11.4. The van der Waals surface area contributed by atoms with E-state index in [-0.39, 0.29) is 23.5 Å². The van der Waals surface area contributed by atoms with Gasteiger partial charge in [-0.1, -0.05) is 0 Å². The minimum Gasteiger partial charge on any atom is -0.342 e. The summed E-state index contributed by atoms with van der Waals surface area (Å²) in [4.78, 5) is 13.5. The highest BCUT2D eigenvalue weighted by atomic mass is 32.2. The molecule has 0 aromatic heterocycles. The Kier molecular flexibility index (Phi) is 5.39. The molecule has 0 aliphatic carbocycles. The molecule has 0 spiro atoms. The number of nitrogens with zero attached hydrogens (tertiary/aromatic N) is 1. The predicted octanol–water partition coefficient (Wildman–Crippen LogP) is 0.0216. The van der Waals surface area contributed by atoms with Crippen molar-refractivity contribution in [2.24, 2.45) is 0 Å². The van der Waals surface area contributed by atoms with Crippen LogP contribution in [0.25, 0.3) is 0 Å². The number of carbonyl (C=O) groups is 1. The molecule has 17 heavy (non-hydrogen) atoms. The molecule has 1 amide bonds. The number of sulfone groups is 1. The summed E-state index contributed by atoms with van der Waals surface area (Å²) >= 11 is 0. The first kappa shape index (κ1) is 14.4. The maximum atomic E-state index is 11.7. The first-order chi connectivity index (χ1) is 7.98. The maximum absolute atomic E-state index is 11.7. The molecule has 0 atom stereocenters. The van der Waals surface area contributed by atoms with Crippen molar-refractivity contribution in [2.75, 3.05) is 31.1 Å². The monoisotopic (exact) mass is 262 g/mol. The first-order valence-corrected chi connectivity index (χ1v) is 8.02. The Hall–Kier alpha value is -0.620. The molecule has 0 bridgehead atoms. The van der Waals surface area contributed by atoms with Crippen molar-refractivity contribution < 1.29 is 13.2 Å². The van der Waals surface area contributed by atoms with Crippen LogP contribution in [0.3, 0.4) is 0 Å². The maximum Gasteiger partial charge on any atom is 0.236 e. The number of amides is 1. The van der Waals surface area contributed by atoms with Crippen LogP contribution in [-0.2, 0) is 14.6 Å². The fraction of sp³-hybridized carbons (Fsp3) is 0.909. The molecule has 1 aliphatic rings. The van der Waals surface area contributed by atoms with E-state index in [4.69, 9.17) is 0 Å². The standard InChI is InChI=1S/C11H22N2O3S/c1-3-13(4-2)11(14)9-12-10-5-7-17(15,16)8-6-10/h10,12H,3-9H2,1-2H3. The summed E-state index contributed by atoms with van der Waals surface area (Å²) in [6.45, 7) is 5.65. The molecule has 1 saturated heterocycles. The minimum absolute atomic E-state index is 0.0865. The lowest BCUT2D eigenvalue weighted by Gasteiger charge is -2.25. The van der Waals surface area contributed by atoms with Gasteiger partial charge in [-0.2, -0.15) is 0 Å². The van der Waals surface area contributed by atoms with Gasteiger partial charge in [0.2, 0.25) is 5.91 Å². The van der Waals surface area contributed by atoms with Crippen molar-refractivity contribution in [3.8, 4) is 0 Å². The molecule has 6 heteroatoms. The van der Waals surface area contributed by atoms with Gasteiger partial charge >= 0.3 is 0 Å². The summed E-state index contributed by atoms with van der Waals surface area (Å²) in [5, 5.41) is 3.15. The molecule has 0 aromatic rings. The Morgan fingerprint density at radius 3 is 2.24 bits per heavy atom. The highest BCUT2D eigenvalue weighted by molar-refractivity contribution is 7.91. The van der Waals surface area contributed by atoms with Crippen LogP contribution in [0.2, 0.25) is 0 Å². The van der Waals surface area contributed by atoms with Crippen LogP contribution in [0.15, 0.2) is 0 Å². The molecular weight excluding hydrogens is 240 g/mol. The van der Waals surface area contributed by atoms with Gasteiger partial charge in [-0.15, -0.1) is 0 Å². The van der Waals surface area contributed by atoms with Crippen molar-refractivity contribution in [2.45, 2.75) is 32.7 Å². The largest absolute Gasteiger partial charge is 0.342 e. The molecule has 1 N–H and O–H groups in total. The third-order valence-corrected chi connectivity index (χ3v) is 4.93. The van der Waals surface area contributed by atoms with Crippen LogP contribution in [0.5, 0.6) is 0 Å². The van der Waals surface area contributed by atoms with Gasteiger partial charge < -0.3 is 10.2 Å². The van der Waals surface area contributed by atoms with E-state index in [1.165, 1.54) is 0 Å². The smallest absolute Gasteiger partial charge is 0.236 e. The Morgan fingerprint density at radius 1 is 1.24 bits per heavy atom. The quantitative estimate of drug-likeness (QED) is 0.758.